The molecule has 0 saturated carbocycles. The Morgan fingerprint density at radius 3 is 2.47 bits per heavy atom. The molecule has 2 fully saturated rings. The number of piperidine rings is 1. The molecule has 3 amide bonds. The Morgan fingerprint density at radius 1 is 1.00 bits per heavy atom. The lowest BCUT2D eigenvalue weighted by Gasteiger charge is -2.33. The standard InChI is InChI=1S/C25H32N4O3/c1-18-11-13-29(14-12-18)23-10-9-20(28-25(31)27-19-6-3-2-4-7-19)16-22(23)24(30)26-17-21-8-5-15-32-21/h2-4,6-7,9-10,16,18,21H,5,8,11-15,17H2,1H3,(H,26,30)(H2,27,28,31). The molecule has 2 saturated heterocycles. The summed E-state index contributed by atoms with van der Waals surface area (Å²) in [4.78, 5) is 27.8. The summed E-state index contributed by atoms with van der Waals surface area (Å²) >= 11 is 0. The van der Waals surface area contributed by atoms with Crippen molar-refractivity contribution < 1.29 is 14.3 Å². The molecule has 2 aliphatic rings. The SMILES string of the molecule is CC1CCN(c2ccc(NC(=O)Nc3ccccc3)cc2C(=O)NCC2CCCO2)CC1. The fourth-order valence-electron chi connectivity index (χ4n) is 4.24. The minimum atomic E-state index is -0.346. The van der Waals surface area contributed by atoms with Crippen molar-refractivity contribution in [1.82, 2.24) is 5.32 Å². The van der Waals surface area contributed by atoms with Crippen LogP contribution >= 0.6 is 0 Å². The number of urea groups is 1. The van der Waals surface area contributed by atoms with Crippen LogP contribution in [-0.2, 0) is 4.74 Å². The van der Waals surface area contributed by atoms with Crippen LogP contribution in [0.15, 0.2) is 48.5 Å². The van der Waals surface area contributed by atoms with Crippen LogP contribution in [0.2, 0.25) is 0 Å². The molecule has 0 aromatic heterocycles. The van der Waals surface area contributed by atoms with Gasteiger partial charge in [-0.2, -0.15) is 0 Å². The third-order valence-corrected chi connectivity index (χ3v) is 6.17. The minimum absolute atomic E-state index is 0.0798. The van der Waals surface area contributed by atoms with Gasteiger partial charge in [-0.25, -0.2) is 4.79 Å². The number of hydrogen-bond donors (Lipinski definition) is 3. The van der Waals surface area contributed by atoms with Gasteiger partial charge in [0.05, 0.1) is 11.7 Å². The highest BCUT2D eigenvalue weighted by Gasteiger charge is 2.23. The zero-order chi connectivity index (χ0) is 22.3. The molecular weight excluding hydrogens is 404 g/mol. The van der Waals surface area contributed by atoms with Gasteiger partial charge < -0.3 is 25.6 Å². The van der Waals surface area contributed by atoms with Crippen molar-refractivity contribution in [2.24, 2.45) is 5.92 Å². The molecule has 1 unspecified atom stereocenters. The van der Waals surface area contributed by atoms with Crippen molar-refractivity contribution in [3.8, 4) is 0 Å². The van der Waals surface area contributed by atoms with E-state index in [4.69, 9.17) is 4.74 Å². The van der Waals surface area contributed by atoms with E-state index in [1.54, 1.807) is 6.07 Å². The number of ether oxygens (including phenoxy) is 1. The summed E-state index contributed by atoms with van der Waals surface area (Å²) in [5, 5.41) is 8.68. The van der Waals surface area contributed by atoms with Gasteiger partial charge in [0.25, 0.3) is 5.91 Å². The van der Waals surface area contributed by atoms with Gasteiger partial charge in [0.15, 0.2) is 0 Å². The predicted molar refractivity (Wildman–Crippen MR) is 127 cm³/mol. The van der Waals surface area contributed by atoms with Crippen LogP contribution in [0.1, 0.15) is 43.0 Å². The van der Waals surface area contributed by atoms with E-state index in [-0.39, 0.29) is 18.0 Å². The lowest BCUT2D eigenvalue weighted by Crippen LogP contribution is -2.36. The Bertz CT molecular complexity index is 920. The van der Waals surface area contributed by atoms with Crippen molar-refractivity contribution in [1.29, 1.82) is 0 Å². The van der Waals surface area contributed by atoms with E-state index in [0.717, 1.165) is 51.1 Å². The number of nitrogens with zero attached hydrogens (tertiary/aromatic N) is 1. The first-order valence-electron chi connectivity index (χ1n) is 11.5. The minimum Gasteiger partial charge on any atom is -0.376 e. The van der Waals surface area contributed by atoms with Gasteiger partial charge in [-0.15, -0.1) is 0 Å². The van der Waals surface area contributed by atoms with Gasteiger partial charge in [-0.05, 0) is 61.9 Å². The molecule has 2 aliphatic heterocycles. The molecule has 0 bridgehead atoms. The van der Waals surface area contributed by atoms with Crippen molar-refractivity contribution in [3.63, 3.8) is 0 Å². The molecule has 170 valence electrons. The maximum absolute atomic E-state index is 13.1. The zero-order valence-corrected chi connectivity index (χ0v) is 18.6. The second-order valence-corrected chi connectivity index (χ2v) is 8.69. The number of rotatable bonds is 6. The maximum atomic E-state index is 13.1. The Labute approximate surface area is 189 Å². The van der Waals surface area contributed by atoms with Crippen LogP contribution in [0.4, 0.5) is 21.9 Å². The molecular formula is C25H32N4O3. The fourth-order valence-corrected chi connectivity index (χ4v) is 4.24. The summed E-state index contributed by atoms with van der Waals surface area (Å²) in [5.41, 5.74) is 2.78. The molecule has 2 aromatic rings. The summed E-state index contributed by atoms with van der Waals surface area (Å²) < 4.78 is 5.64. The van der Waals surface area contributed by atoms with Crippen molar-refractivity contribution in [2.45, 2.75) is 38.7 Å². The molecule has 3 N–H and O–H groups in total. The number of carbonyl (C=O) groups is 2. The monoisotopic (exact) mass is 436 g/mol. The van der Waals surface area contributed by atoms with Crippen molar-refractivity contribution in [2.75, 3.05) is 41.8 Å². The van der Waals surface area contributed by atoms with Crippen LogP contribution in [-0.4, -0.2) is 44.3 Å². The van der Waals surface area contributed by atoms with Crippen LogP contribution in [0, 0.1) is 5.92 Å². The molecule has 1 atom stereocenters. The van der Waals surface area contributed by atoms with Gasteiger partial charge in [-0.1, -0.05) is 25.1 Å². The Hall–Kier alpha value is -3.06. The van der Waals surface area contributed by atoms with Gasteiger partial charge >= 0.3 is 6.03 Å². The number of nitrogens with one attached hydrogen (secondary N) is 3. The molecule has 2 aromatic carbocycles. The van der Waals surface area contributed by atoms with E-state index >= 15 is 0 Å². The van der Waals surface area contributed by atoms with Crippen molar-refractivity contribution in [3.05, 3.63) is 54.1 Å². The first-order valence-corrected chi connectivity index (χ1v) is 11.5. The lowest BCUT2D eigenvalue weighted by atomic mass is 9.97. The first-order chi connectivity index (χ1) is 15.6. The van der Waals surface area contributed by atoms with Gasteiger partial charge in [-0.3, -0.25) is 4.79 Å². The third kappa shape index (κ3) is 5.79. The summed E-state index contributed by atoms with van der Waals surface area (Å²) in [6, 6.07) is 14.5. The number of para-hydroxylation sites is 1. The molecule has 4 rings (SSSR count). The average molecular weight is 437 g/mol. The van der Waals surface area contributed by atoms with E-state index in [0.29, 0.717) is 29.4 Å². The Morgan fingerprint density at radius 2 is 1.75 bits per heavy atom. The molecule has 7 nitrogen and oxygen atoms in total. The summed E-state index contributed by atoms with van der Waals surface area (Å²) in [7, 11) is 0. The molecule has 7 heteroatoms. The number of hydrogen-bond acceptors (Lipinski definition) is 4. The highest BCUT2D eigenvalue weighted by molar-refractivity contribution is 6.04. The molecule has 2 heterocycles. The van der Waals surface area contributed by atoms with Crippen LogP contribution in [0.3, 0.4) is 0 Å². The van der Waals surface area contributed by atoms with E-state index < -0.39 is 0 Å². The highest BCUT2D eigenvalue weighted by atomic mass is 16.5. The van der Waals surface area contributed by atoms with E-state index in [1.807, 2.05) is 42.5 Å². The number of carbonyl (C=O) groups excluding carboxylic acids is 2. The topological polar surface area (TPSA) is 82.7 Å². The normalized spacial score (nSPS) is 18.9. The van der Waals surface area contributed by atoms with E-state index in [2.05, 4.69) is 27.8 Å². The summed E-state index contributed by atoms with van der Waals surface area (Å²) in [6.45, 7) is 5.38. The van der Waals surface area contributed by atoms with Gasteiger partial charge in [0.1, 0.15) is 0 Å². The summed E-state index contributed by atoms with van der Waals surface area (Å²) in [6.07, 6.45) is 4.30. The molecule has 0 spiro atoms. The van der Waals surface area contributed by atoms with Crippen LogP contribution in [0.5, 0.6) is 0 Å². The average Bonchev–Trinajstić information content (AvgIpc) is 3.32. The Kier molecular flexibility index (Phi) is 7.27. The lowest BCUT2D eigenvalue weighted by molar-refractivity contribution is 0.0858. The zero-order valence-electron chi connectivity index (χ0n) is 18.6. The third-order valence-electron chi connectivity index (χ3n) is 6.17. The largest absolute Gasteiger partial charge is 0.376 e. The number of benzene rings is 2. The predicted octanol–water partition coefficient (Wildman–Crippen LogP) is 4.48. The quantitative estimate of drug-likeness (QED) is 0.624. The van der Waals surface area contributed by atoms with Gasteiger partial charge in [0.2, 0.25) is 0 Å². The van der Waals surface area contributed by atoms with E-state index in [9.17, 15) is 9.59 Å². The highest BCUT2D eigenvalue weighted by Crippen LogP contribution is 2.29. The molecule has 0 radical (unpaired) electrons. The molecule has 0 aliphatic carbocycles. The smallest absolute Gasteiger partial charge is 0.323 e. The first kappa shape index (κ1) is 22.1. The van der Waals surface area contributed by atoms with Crippen LogP contribution < -0.4 is 20.9 Å². The van der Waals surface area contributed by atoms with Crippen LogP contribution in [0.25, 0.3) is 0 Å². The number of anilines is 3. The molecule has 32 heavy (non-hydrogen) atoms. The fraction of sp³-hybridized carbons (Fsp3) is 0.440. The maximum Gasteiger partial charge on any atom is 0.323 e. The Balaban J connectivity index is 1.49. The second kappa shape index (κ2) is 10.5. The second-order valence-electron chi connectivity index (χ2n) is 8.69. The van der Waals surface area contributed by atoms with Crippen molar-refractivity contribution >= 4 is 29.0 Å². The number of amides is 3. The summed E-state index contributed by atoms with van der Waals surface area (Å²) in [5.74, 6) is 0.562. The van der Waals surface area contributed by atoms with E-state index in [1.165, 1.54) is 0 Å². The van der Waals surface area contributed by atoms with Gasteiger partial charge in [0, 0.05) is 43.3 Å².